The van der Waals surface area contributed by atoms with Crippen LogP contribution in [0.5, 0.6) is 0 Å². The lowest BCUT2D eigenvalue weighted by molar-refractivity contribution is -0.114. The Bertz CT molecular complexity index is 940. The number of allylic oxidation sites excluding steroid dienone is 4. The summed E-state index contributed by atoms with van der Waals surface area (Å²) in [6, 6.07) is 9.26. The molecule has 4 aliphatic carbocycles. The highest BCUT2D eigenvalue weighted by Crippen LogP contribution is 2.66. The lowest BCUT2D eigenvalue weighted by atomic mass is 9.51. The van der Waals surface area contributed by atoms with Crippen molar-refractivity contribution in [2.75, 3.05) is 25.6 Å². The zero-order valence-electron chi connectivity index (χ0n) is 20.1. The van der Waals surface area contributed by atoms with Crippen molar-refractivity contribution in [2.45, 2.75) is 70.6 Å². The third-order valence-electron chi connectivity index (χ3n) is 9.45. The monoisotopic (exact) mass is 433 g/mol. The normalized spacial score (nSPS) is 34.0. The van der Waals surface area contributed by atoms with Gasteiger partial charge in [0.05, 0.1) is 0 Å². The van der Waals surface area contributed by atoms with E-state index in [1.807, 2.05) is 6.08 Å². The van der Waals surface area contributed by atoms with Gasteiger partial charge in [0.25, 0.3) is 0 Å². The fourth-order valence-corrected chi connectivity index (χ4v) is 7.88. The SMILES string of the molecule is CN(C)c1ccc(C2C[C@@]3(C)C(CCCO)CC[C@H]3C3CCC4=CC(=O)CCC4=C23)cc1. The smallest absolute Gasteiger partial charge is 0.156 e. The summed E-state index contributed by atoms with van der Waals surface area (Å²) in [7, 11) is 4.20. The van der Waals surface area contributed by atoms with E-state index in [1.54, 1.807) is 11.1 Å². The molecule has 0 aromatic heterocycles. The Labute approximate surface area is 193 Å². The van der Waals surface area contributed by atoms with Crippen molar-refractivity contribution in [2.24, 2.45) is 23.2 Å². The number of benzene rings is 1. The molecule has 0 spiro atoms. The molecule has 0 radical (unpaired) electrons. The van der Waals surface area contributed by atoms with Gasteiger partial charge >= 0.3 is 0 Å². The highest BCUT2D eigenvalue weighted by Gasteiger charge is 2.56. The summed E-state index contributed by atoms with van der Waals surface area (Å²) in [4.78, 5) is 14.4. The largest absolute Gasteiger partial charge is 0.396 e. The van der Waals surface area contributed by atoms with Crippen LogP contribution in [0.3, 0.4) is 0 Å². The molecule has 172 valence electrons. The maximum atomic E-state index is 12.2. The average Bonchev–Trinajstić information content (AvgIpc) is 3.12. The predicted octanol–water partition coefficient (Wildman–Crippen LogP) is 6.04. The molecule has 1 aromatic carbocycles. The van der Waals surface area contributed by atoms with E-state index in [-0.39, 0.29) is 0 Å². The minimum absolute atomic E-state index is 0.313. The second kappa shape index (κ2) is 8.48. The number of carbonyl (C=O) groups is 1. The fraction of sp³-hybridized carbons (Fsp3) is 0.621. The minimum atomic E-state index is 0.313. The first-order valence-corrected chi connectivity index (χ1v) is 12.8. The summed E-state index contributed by atoms with van der Waals surface area (Å²) in [5, 5.41) is 9.50. The molecule has 3 nitrogen and oxygen atoms in total. The lowest BCUT2D eigenvalue weighted by Crippen LogP contribution is -2.43. The maximum Gasteiger partial charge on any atom is 0.156 e. The number of carbonyl (C=O) groups excluding carboxylic acids is 1. The summed E-state index contributed by atoms with van der Waals surface area (Å²) in [6.07, 6.45) is 11.8. The number of anilines is 1. The number of hydrogen-bond acceptors (Lipinski definition) is 3. The Hall–Kier alpha value is -1.87. The molecule has 0 aliphatic heterocycles. The van der Waals surface area contributed by atoms with Gasteiger partial charge in [0.1, 0.15) is 0 Å². The van der Waals surface area contributed by atoms with Crippen LogP contribution < -0.4 is 4.90 Å². The lowest BCUT2D eigenvalue weighted by Gasteiger charge is -2.53. The minimum Gasteiger partial charge on any atom is -0.396 e. The predicted molar refractivity (Wildman–Crippen MR) is 131 cm³/mol. The highest BCUT2D eigenvalue weighted by molar-refractivity contribution is 5.93. The van der Waals surface area contributed by atoms with Crippen LogP contribution in [0.15, 0.2) is 47.1 Å². The van der Waals surface area contributed by atoms with Crippen LogP contribution in [0, 0.1) is 23.2 Å². The first-order chi connectivity index (χ1) is 15.4. The van der Waals surface area contributed by atoms with Gasteiger partial charge in [-0.3, -0.25) is 4.79 Å². The van der Waals surface area contributed by atoms with E-state index in [0.717, 1.165) is 37.5 Å². The molecule has 0 saturated heterocycles. The van der Waals surface area contributed by atoms with E-state index in [2.05, 4.69) is 50.2 Å². The highest BCUT2D eigenvalue weighted by atomic mass is 16.2. The molecular weight excluding hydrogens is 394 g/mol. The van der Waals surface area contributed by atoms with Gasteiger partial charge in [-0.1, -0.05) is 24.6 Å². The molecule has 32 heavy (non-hydrogen) atoms. The van der Waals surface area contributed by atoms with E-state index in [9.17, 15) is 9.90 Å². The van der Waals surface area contributed by atoms with Crippen molar-refractivity contribution in [1.29, 1.82) is 0 Å². The van der Waals surface area contributed by atoms with Crippen molar-refractivity contribution < 1.29 is 9.90 Å². The molecule has 5 atom stereocenters. The van der Waals surface area contributed by atoms with E-state index >= 15 is 0 Å². The number of aliphatic hydroxyl groups excluding tert-OH is 1. The molecule has 0 bridgehead atoms. The second-order valence-electron chi connectivity index (χ2n) is 11.2. The Morgan fingerprint density at radius 3 is 2.56 bits per heavy atom. The summed E-state index contributed by atoms with van der Waals surface area (Å²) < 4.78 is 0. The number of fused-ring (bicyclic) bond motifs is 4. The number of rotatable bonds is 5. The summed E-state index contributed by atoms with van der Waals surface area (Å²) >= 11 is 0. The first kappa shape index (κ1) is 21.9. The van der Waals surface area contributed by atoms with Gasteiger partial charge in [0.2, 0.25) is 0 Å². The third-order valence-corrected chi connectivity index (χ3v) is 9.45. The van der Waals surface area contributed by atoms with Crippen molar-refractivity contribution in [3.8, 4) is 0 Å². The molecule has 2 fully saturated rings. The van der Waals surface area contributed by atoms with Gasteiger partial charge in [0, 0.05) is 38.7 Å². The molecule has 2 saturated carbocycles. The van der Waals surface area contributed by atoms with Crippen LogP contribution in [0.1, 0.15) is 76.2 Å². The summed E-state index contributed by atoms with van der Waals surface area (Å²) in [5.41, 5.74) is 7.63. The van der Waals surface area contributed by atoms with Gasteiger partial charge in [-0.05, 0) is 109 Å². The average molecular weight is 434 g/mol. The Kier molecular flexibility index (Phi) is 5.82. The van der Waals surface area contributed by atoms with Crippen molar-refractivity contribution >= 4 is 11.5 Å². The standard InChI is InChI=1S/C29H39NO2/c1-29-18-26(19-6-10-22(11-7-19)30(2)3)28-24-14-12-23(32)17-20(24)8-13-25(28)27(29)15-9-21(29)5-4-16-31/h6-7,10-11,17,21,25-27,31H,4-5,8-9,12-16,18H2,1-3H3/t21?,25?,26?,27-,29-/m0/s1. The van der Waals surface area contributed by atoms with E-state index in [0.29, 0.717) is 36.1 Å². The molecule has 3 unspecified atom stereocenters. The Morgan fingerprint density at radius 2 is 1.84 bits per heavy atom. The van der Waals surface area contributed by atoms with Crippen LogP contribution in [0.25, 0.3) is 0 Å². The zero-order chi connectivity index (χ0) is 22.5. The van der Waals surface area contributed by atoms with Crippen LogP contribution in [0.4, 0.5) is 5.69 Å². The molecule has 3 heteroatoms. The second-order valence-corrected chi connectivity index (χ2v) is 11.2. The summed E-state index contributed by atoms with van der Waals surface area (Å²) in [5.74, 6) is 2.91. The van der Waals surface area contributed by atoms with E-state index in [1.165, 1.54) is 42.5 Å². The first-order valence-electron chi connectivity index (χ1n) is 12.8. The number of aliphatic hydroxyl groups is 1. The molecular formula is C29H39NO2. The molecule has 0 amide bonds. The maximum absolute atomic E-state index is 12.2. The Morgan fingerprint density at radius 1 is 1.06 bits per heavy atom. The van der Waals surface area contributed by atoms with Gasteiger partial charge < -0.3 is 10.0 Å². The summed E-state index contributed by atoms with van der Waals surface area (Å²) in [6.45, 7) is 2.89. The molecule has 4 aliphatic rings. The van der Waals surface area contributed by atoms with Crippen LogP contribution in [-0.4, -0.2) is 31.6 Å². The molecule has 1 aromatic rings. The molecule has 5 rings (SSSR count). The van der Waals surface area contributed by atoms with Gasteiger partial charge in [-0.2, -0.15) is 0 Å². The van der Waals surface area contributed by atoms with Gasteiger partial charge in [-0.15, -0.1) is 0 Å². The van der Waals surface area contributed by atoms with Crippen molar-refractivity contribution in [3.63, 3.8) is 0 Å². The Balaban J connectivity index is 1.60. The number of ketones is 1. The zero-order valence-corrected chi connectivity index (χ0v) is 20.1. The number of hydrogen-bond donors (Lipinski definition) is 1. The van der Waals surface area contributed by atoms with E-state index in [4.69, 9.17) is 0 Å². The van der Waals surface area contributed by atoms with Crippen molar-refractivity contribution in [1.82, 2.24) is 0 Å². The molecule has 0 heterocycles. The number of nitrogens with zero attached hydrogens (tertiary/aromatic N) is 1. The fourth-order valence-electron chi connectivity index (χ4n) is 7.88. The molecule has 1 N–H and O–H groups in total. The topological polar surface area (TPSA) is 40.5 Å². The quantitative estimate of drug-likeness (QED) is 0.615. The van der Waals surface area contributed by atoms with Crippen LogP contribution in [0.2, 0.25) is 0 Å². The van der Waals surface area contributed by atoms with Gasteiger partial charge in [0.15, 0.2) is 5.78 Å². The van der Waals surface area contributed by atoms with E-state index < -0.39 is 0 Å². The van der Waals surface area contributed by atoms with Crippen LogP contribution >= 0.6 is 0 Å². The third kappa shape index (κ3) is 3.57. The van der Waals surface area contributed by atoms with Crippen LogP contribution in [-0.2, 0) is 4.79 Å². The van der Waals surface area contributed by atoms with Crippen molar-refractivity contribution in [3.05, 3.63) is 52.6 Å². The van der Waals surface area contributed by atoms with Gasteiger partial charge in [-0.25, -0.2) is 0 Å².